The van der Waals surface area contributed by atoms with Crippen molar-refractivity contribution in [2.24, 2.45) is 10.8 Å². The van der Waals surface area contributed by atoms with E-state index in [1.165, 1.54) is 0 Å². The lowest BCUT2D eigenvalue weighted by Crippen LogP contribution is -2.02. The fourth-order valence-corrected chi connectivity index (χ4v) is 2.20. The molecule has 0 spiro atoms. The van der Waals surface area contributed by atoms with E-state index < -0.39 is 8.25 Å². The van der Waals surface area contributed by atoms with Gasteiger partial charge in [0.15, 0.2) is 0 Å². The number of hydrogen-bond donors (Lipinski definition) is 0. The third-order valence-electron chi connectivity index (χ3n) is 3.24. The number of unbranched alkanes of at least 4 members (excludes halogenated alkanes) is 2. The molecule has 0 saturated carbocycles. The van der Waals surface area contributed by atoms with Crippen LogP contribution in [0.3, 0.4) is 0 Å². The molecule has 0 radical (unpaired) electrons. The smallest absolute Gasteiger partial charge is 0.119 e. The molecular formula is C20H30O3P+. The lowest BCUT2D eigenvalue weighted by molar-refractivity contribution is 0.222. The lowest BCUT2D eigenvalue weighted by Gasteiger charge is -2.09. The molecule has 0 heterocycles. The SMILES string of the molecule is C#CC(C)(C)C=CCCCO[P+](=O)OCCCC=CC(C)(C)C#C. The van der Waals surface area contributed by atoms with Crippen LogP contribution in [0.2, 0.25) is 0 Å². The van der Waals surface area contributed by atoms with Crippen molar-refractivity contribution in [2.45, 2.75) is 53.4 Å². The fraction of sp³-hybridized carbons (Fsp3) is 0.600. The molecule has 24 heavy (non-hydrogen) atoms. The van der Waals surface area contributed by atoms with E-state index in [0.717, 1.165) is 25.7 Å². The molecule has 0 unspecified atom stereocenters. The summed E-state index contributed by atoms with van der Waals surface area (Å²) in [5.74, 6) is 5.40. The zero-order valence-electron chi connectivity index (χ0n) is 15.4. The van der Waals surface area contributed by atoms with E-state index in [1.807, 2.05) is 52.0 Å². The molecule has 0 fully saturated rings. The summed E-state index contributed by atoms with van der Waals surface area (Å²) in [7, 11) is -2.04. The summed E-state index contributed by atoms with van der Waals surface area (Å²) < 4.78 is 21.8. The van der Waals surface area contributed by atoms with Gasteiger partial charge in [-0.05, 0) is 53.4 Å². The van der Waals surface area contributed by atoms with Crippen LogP contribution in [-0.4, -0.2) is 13.2 Å². The molecule has 0 aromatic heterocycles. The van der Waals surface area contributed by atoms with Crippen LogP contribution in [0.15, 0.2) is 24.3 Å². The predicted molar refractivity (Wildman–Crippen MR) is 101 cm³/mol. The van der Waals surface area contributed by atoms with E-state index in [1.54, 1.807) is 0 Å². The Bertz CT molecular complexity index is 470. The van der Waals surface area contributed by atoms with Gasteiger partial charge in [-0.2, -0.15) is 0 Å². The highest BCUT2D eigenvalue weighted by molar-refractivity contribution is 7.33. The molecule has 132 valence electrons. The van der Waals surface area contributed by atoms with Gasteiger partial charge in [-0.1, -0.05) is 36.1 Å². The lowest BCUT2D eigenvalue weighted by atomic mass is 9.94. The van der Waals surface area contributed by atoms with Gasteiger partial charge in [-0.15, -0.1) is 21.9 Å². The monoisotopic (exact) mass is 349 g/mol. The molecule has 0 aromatic carbocycles. The Hall–Kier alpha value is -1.38. The van der Waals surface area contributed by atoms with Crippen LogP contribution in [0, 0.1) is 35.5 Å². The highest BCUT2D eigenvalue weighted by atomic mass is 31.1. The quantitative estimate of drug-likeness (QED) is 0.197. The first-order valence-electron chi connectivity index (χ1n) is 8.26. The van der Waals surface area contributed by atoms with Crippen LogP contribution >= 0.6 is 8.25 Å². The van der Waals surface area contributed by atoms with Crippen LogP contribution < -0.4 is 0 Å². The van der Waals surface area contributed by atoms with E-state index in [0.29, 0.717) is 13.2 Å². The molecule has 0 aliphatic rings. The molecule has 3 nitrogen and oxygen atoms in total. The largest absolute Gasteiger partial charge is 0.697 e. The third-order valence-corrected chi connectivity index (χ3v) is 4.02. The average Bonchev–Trinajstić information content (AvgIpc) is 2.54. The minimum Gasteiger partial charge on any atom is -0.119 e. The Morgan fingerprint density at radius 2 is 1.25 bits per heavy atom. The van der Waals surface area contributed by atoms with Gasteiger partial charge >= 0.3 is 8.25 Å². The predicted octanol–water partition coefficient (Wildman–Crippen LogP) is 5.67. The molecule has 0 aromatic rings. The van der Waals surface area contributed by atoms with Crippen molar-refractivity contribution < 1.29 is 13.6 Å². The average molecular weight is 349 g/mol. The Morgan fingerprint density at radius 3 is 1.58 bits per heavy atom. The molecule has 4 heteroatoms. The van der Waals surface area contributed by atoms with E-state index in [-0.39, 0.29) is 10.8 Å². The van der Waals surface area contributed by atoms with Gasteiger partial charge < -0.3 is 0 Å². The van der Waals surface area contributed by atoms with Crippen molar-refractivity contribution in [3.05, 3.63) is 24.3 Å². The highest BCUT2D eigenvalue weighted by Gasteiger charge is 2.18. The Kier molecular flexibility index (Phi) is 11.4. The van der Waals surface area contributed by atoms with Crippen LogP contribution in [0.25, 0.3) is 0 Å². The fourth-order valence-electron chi connectivity index (χ4n) is 1.57. The van der Waals surface area contributed by atoms with E-state index in [2.05, 4.69) is 11.8 Å². The van der Waals surface area contributed by atoms with Gasteiger partial charge in [0.2, 0.25) is 0 Å². The van der Waals surface area contributed by atoms with Crippen molar-refractivity contribution in [2.75, 3.05) is 13.2 Å². The molecular weight excluding hydrogens is 319 g/mol. The molecule has 0 saturated heterocycles. The highest BCUT2D eigenvalue weighted by Crippen LogP contribution is 2.24. The zero-order chi connectivity index (χ0) is 18.5. The maximum atomic E-state index is 11.5. The summed E-state index contributed by atoms with van der Waals surface area (Å²) in [6.07, 6.45) is 22.1. The van der Waals surface area contributed by atoms with E-state index in [9.17, 15) is 4.57 Å². The Morgan fingerprint density at radius 1 is 0.875 bits per heavy atom. The maximum absolute atomic E-state index is 11.5. The maximum Gasteiger partial charge on any atom is 0.697 e. The molecule has 0 aliphatic heterocycles. The summed E-state index contributed by atoms with van der Waals surface area (Å²) >= 11 is 0. The van der Waals surface area contributed by atoms with Gasteiger partial charge in [0, 0.05) is 15.4 Å². The second-order valence-electron chi connectivity index (χ2n) is 6.71. The van der Waals surface area contributed by atoms with Crippen molar-refractivity contribution in [1.29, 1.82) is 0 Å². The minimum atomic E-state index is -2.04. The zero-order valence-corrected chi connectivity index (χ0v) is 16.3. The van der Waals surface area contributed by atoms with Gasteiger partial charge in [0.05, 0.1) is 0 Å². The van der Waals surface area contributed by atoms with Gasteiger partial charge in [-0.3, -0.25) is 0 Å². The Labute approximate surface area is 148 Å². The number of allylic oxidation sites excluding steroid dienone is 4. The minimum absolute atomic E-state index is 0.223. The van der Waals surface area contributed by atoms with E-state index in [4.69, 9.17) is 21.9 Å². The summed E-state index contributed by atoms with van der Waals surface area (Å²) in [4.78, 5) is 0. The van der Waals surface area contributed by atoms with Gasteiger partial charge in [-0.25, -0.2) is 0 Å². The molecule has 0 atom stereocenters. The van der Waals surface area contributed by atoms with E-state index >= 15 is 0 Å². The first-order valence-corrected chi connectivity index (χ1v) is 9.36. The molecule has 0 N–H and O–H groups in total. The number of hydrogen-bond acceptors (Lipinski definition) is 3. The molecule has 0 bridgehead atoms. The first kappa shape index (κ1) is 22.6. The summed E-state index contributed by atoms with van der Waals surface area (Å²) in [5.41, 5.74) is -0.446. The topological polar surface area (TPSA) is 35.5 Å². The molecule has 0 aliphatic carbocycles. The van der Waals surface area contributed by atoms with Crippen LogP contribution in [0.4, 0.5) is 0 Å². The van der Waals surface area contributed by atoms with Gasteiger partial charge in [0.1, 0.15) is 13.2 Å². The van der Waals surface area contributed by atoms with Crippen molar-refractivity contribution in [1.82, 2.24) is 0 Å². The van der Waals surface area contributed by atoms with Crippen LogP contribution in [0.5, 0.6) is 0 Å². The standard InChI is InChI=1S/C20H30O3P/c1-7-19(3,4)15-11-9-13-17-22-24(21)23-18-14-10-12-16-20(5,6)8-2/h1-2,11-12,15-16H,9-10,13-14,17-18H2,3-6H3/q+1. The van der Waals surface area contributed by atoms with Crippen LogP contribution in [-0.2, 0) is 13.6 Å². The van der Waals surface area contributed by atoms with Gasteiger partial charge in [0.25, 0.3) is 0 Å². The number of terminal acetylenes is 2. The van der Waals surface area contributed by atoms with Crippen molar-refractivity contribution >= 4 is 8.25 Å². The van der Waals surface area contributed by atoms with Crippen molar-refractivity contribution in [3.63, 3.8) is 0 Å². The first-order chi connectivity index (χ1) is 11.2. The van der Waals surface area contributed by atoms with Crippen LogP contribution in [0.1, 0.15) is 53.4 Å². The molecule has 0 rings (SSSR count). The normalized spacial score (nSPS) is 13.2. The number of rotatable bonds is 12. The summed E-state index contributed by atoms with van der Waals surface area (Å²) in [6.45, 7) is 8.74. The van der Waals surface area contributed by atoms with Crippen molar-refractivity contribution in [3.8, 4) is 24.7 Å². The summed E-state index contributed by atoms with van der Waals surface area (Å²) in [5, 5.41) is 0. The second-order valence-corrected chi connectivity index (χ2v) is 7.67. The second kappa shape index (κ2) is 12.0. The third kappa shape index (κ3) is 13.1. The molecule has 0 amide bonds. The summed E-state index contributed by atoms with van der Waals surface area (Å²) in [6, 6.07) is 0. The Balaban J connectivity index is 3.65.